The highest BCUT2D eigenvalue weighted by molar-refractivity contribution is 7.89. The number of anilines is 1. The van der Waals surface area contributed by atoms with Crippen LogP contribution in [0.5, 0.6) is 0 Å². The number of nitrogens with zero attached hydrogens (tertiary/aromatic N) is 4. The molecule has 2 fully saturated rings. The Bertz CT molecular complexity index is 1060. The first-order valence-corrected chi connectivity index (χ1v) is 12.1. The van der Waals surface area contributed by atoms with E-state index >= 15 is 0 Å². The van der Waals surface area contributed by atoms with Gasteiger partial charge in [0.1, 0.15) is 6.07 Å². The topological polar surface area (TPSA) is 99.7 Å². The minimum absolute atomic E-state index is 0.0193. The quantitative estimate of drug-likeness (QED) is 0.714. The smallest absolute Gasteiger partial charge is 0.243 e. The van der Waals surface area contributed by atoms with Crippen LogP contribution in [0.1, 0.15) is 39.3 Å². The maximum absolute atomic E-state index is 13.0. The summed E-state index contributed by atoms with van der Waals surface area (Å²) in [6.07, 6.45) is 1.98. The number of ether oxygens (including phenoxy) is 1. The Hall–Kier alpha value is -2.41. The van der Waals surface area contributed by atoms with Gasteiger partial charge in [0, 0.05) is 31.7 Å². The third-order valence-electron chi connectivity index (χ3n) is 5.78. The normalized spacial score (nSPS) is 25.4. The SMILES string of the molecule is C[C@@H]1CCCN(S(=O)(=O)c2ccc(-c3nc(C#N)c(N4C[C@H](C)O[C@@H](C)C4)o3)cc2)C1. The highest BCUT2D eigenvalue weighted by Gasteiger charge is 2.30. The summed E-state index contributed by atoms with van der Waals surface area (Å²) < 4.78 is 39.2. The molecule has 0 bridgehead atoms. The van der Waals surface area contributed by atoms with Gasteiger partial charge in [-0.05, 0) is 56.9 Å². The van der Waals surface area contributed by atoms with Crippen LogP contribution in [0.4, 0.5) is 5.88 Å². The molecule has 2 saturated heterocycles. The van der Waals surface area contributed by atoms with Gasteiger partial charge in [0.05, 0.1) is 17.1 Å². The van der Waals surface area contributed by atoms with Crippen LogP contribution in [-0.2, 0) is 14.8 Å². The number of piperidine rings is 1. The number of sulfonamides is 1. The predicted molar refractivity (Wildman–Crippen MR) is 116 cm³/mol. The molecule has 166 valence electrons. The Labute approximate surface area is 183 Å². The van der Waals surface area contributed by atoms with Crippen LogP contribution < -0.4 is 4.90 Å². The third kappa shape index (κ3) is 4.47. The van der Waals surface area contributed by atoms with Gasteiger partial charge in [-0.15, -0.1) is 0 Å². The zero-order chi connectivity index (χ0) is 22.2. The van der Waals surface area contributed by atoms with Gasteiger partial charge in [-0.3, -0.25) is 0 Å². The molecule has 0 saturated carbocycles. The number of benzene rings is 1. The largest absolute Gasteiger partial charge is 0.419 e. The summed E-state index contributed by atoms with van der Waals surface area (Å²) in [4.78, 5) is 6.58. The average molecular weight is 445 g/mol. The Morgan fingerprint density at radius 2 is 1.77 bits per heavy atom. The lowest BCUT2D eigenvalue weighted by Crippen LogP contribution is -2.45. The molecule has 0 spiro atoms. The Morgan fingerprint density at radius 3 is 2.39 bits per heavy atom. The fourth-order valence-electron chi connectivity index (χ4n) is 4.35. The van der Waals surface area contributed by atoms with Crippen molar-refractivity contribution in [3.63, 3.8) is 0 Å². The van der Waals surface area contributed by atoms with Crippen LogP contribution in [0, 0.1) is 17.2 Å². The molecule has 9 heteroatoms. The van der Waals surface area contributed by atoms with Gasteiger partial charge in [0.25, 0.3) is 0 Å². The lowest BCUT2D eigenvalue weighted by molar-refractivity contribution is -0.00638. The second-order valence-corrected chi connectivity index (χ2v) is 10.5. The molecule has 0 aliphatic carbocycles. The van der Waals surface area contributed by atoms with E-state index in [0.717, 1.165) is 12.8 Å². The molecule has 2 aromatic rings. The molecular weight excluding hydrogens is 416 g/mol. The van der Waals surface area contributed by atoms with E-state index in [1.807, 2.05) is 18.7 Å². The molecule has 3 heterocycles. The van der Waals surface area contributed by atoms with E-state index in [1.54, 1.807) is 28.6 Å². The number of nitriles is 1. The molecule has 0 N–H and O–H groups in total. The lowest BCUT2D eigenvalue weighted by Gasteiger charge is -2.34. The lowest BCUT2D eigenvalue weighted by atomic mass is 10.0. The van der Waals surface area contributed by atoms with E-state index in [9.17, 15) is 13.7 Å². The van der Waals surface area contributed by atoms with Crippen LogP contribution in [0.3, 0.4) is 0 Å². The second-order valence-electron chi connectivity index (χ2n) is 8.58. The summed E-state index contributed by atoms with van der Waals surface area (Å²) in [6.45, 7) is 8.36. The van der Waals surface area contributed by atoms with Crippen LogP contribution in [0.25, 0.3) is 11.5 Å². The molecule has 2 aliphatic heterocycles. The number of aromatic nitrogens is 1. The zero-order valence-electron chi connectivity index (χ0n) is 18.1. The first kappa shape index (κ1) is 21.8. The van der Waals surface area contributed by atoms with Crippen molar-refractivity contribution in [2.75, 3.05) is 31.1 Å². The highest BCUT2D eigenvalue weighted by atomic mass is 32.2. The third-order valence-corrected chi connectivity index (χ3v) is 7.66. The van der Waals surface area contributed by atoms with E-state index in [0.29, 0.717) is 49.4 Å². The zero-order valence-corrected chi connectivity index (χ0v) is 18.9. The standard InChI is InChI=1S/C22H28N4O4S/c1-15-5-4-10-26(12-15)31(27,28)19-8-6-18(7-9-19)21-24-20(11-23)22(30-21)25-13-16(2)29-17(3)14-25/h6-9,15-17H,4-5,10,12-14H2,1-3H3/t15-,16+,17+/m1/s1. The monoisotopic (exact) mass is 444 g/mol. The molecule has 1 aromatic carbocycles. The molecule has 4 rings (SSSR count). The van der Waals surface area contributed by atoms with E-state index in [-0.39, 0.29) is 22.8 Å². The van der Waals surface area contributed by atoms with Gasteiger partial charge < -0.3 is 14.1 Å². The summed E-state index contributed by atoms with van der Waals surface area (Å²) in [6, 6.07) is 8.63. The van der Waals surface area contributed by atoms with Crippen molar-refractivity contribution in [3.8, 4) is 17.5 Å². The fourth-order valence-corrected chi connectivity index (χ4v) is 5.95. The molecule has 3 atom stereocenters. The molecule has 31 heavy (non-hydrogen) atoms. The first-order valence-electron chi connectivity index (χ1n) is 10.7. The van der Waals surface area contributed by atoms with E-state index in [1.165, 1.54) is 0 Å². The van der Waals surface area contributed by atoms with Crippen molar-refractivity contribution in [2.24, 2.45) is 5.92 Å². The van der Waals surface area contributed by atoms with E-state index in [4.69, 9.17) is 9.15 Å². The maximum atomic E-state index is 13.0. The van der Waals surface area contributed by atoms with Crippen LogP contribution >= 0.6 is 0 Å². The van der Waals surface area contributed by atoms with Gasteiger partial charge in [-0.2, -0.15) is 14.6 Å². The summed E-state index contributed by atoms with van der Waals surface area (Å²) in [5.41, 5.74) is 0.846. The molecule has 2 aliphatic rings. The first-order chi connectivity index (χ1) is 14.8. The summed E-state index contributed by atoms with van der Waals surface area (Å²) in [5, 5.41) is 9.54. The van der Waals surface area contributed by atoms with Gasteiger partial charge in [0.2, 0.25) is 27.5 Å². The number of morpholine rings is 1. The Balaban J connectivity index is 1.58. The molecule has 8 nitrogen and oxygen atoms in total. The number of hydrogen-bond acceptors (Lipinski definition) is 7. The number of hydrogen-bond donors (Lipinski definition) is 0. The van der Waals surface area contributed by atoms with E-state index in [2.05, 4.69) is 18.0 Å². The Kier molecular flexibility index (Phi) is 6.06. The number of rotatable bonds is 4. The predicted octanol–water partition coefficient (Wildman–Crippen LogP) is 3.25. The van der Waals surface area contributed by atoms with Crippen LogP contribution in [0.2, 0.25) is 0 Å². The Morgan fingerprint density at radius 1 is 1.10 bits per heavy atom. The molecule has 0 amide bonds. The van der Waals surface area contributed by atoms with Gasteiger partial charge in [-0.25, -0.2) is 8.42 Å². The molecular formula is C22H28N4O4S. The molecule has 1 aromatic heterocycles. The van der Waals surface area contributed by atoms with Gasteiger partial charge >= 0.3 is 0 Å². The summed E-state index contributed by atoms with van der Waals surface area (Å²) in [7, 11) is -3.52. The summed E-state index contributed by atoms with van der Waals surface area (Å²) >= 11 is 0. The van der Waals surface area contributed by atoms with Crippen molar-refractivity contribution in [3.05, 3.63) is 30.0 Å². The minimum Gasteiger partial charge on any atom is -0.419 e. The van der Waals surface area contributed by atoms with Gasteiger partial charge in [-0.1, -0.05) is 6.92 Å². The minimum atomic E-state index is -3.52. The maximum Gasteiger partial charge on any atom is 0.243 e. The number of oxazole rings is 1. The second kappa shape index (κ2) is 8.61. The summed E-state index contributed by atoms with van der Waals surface area (Å²) in [5.74, 6) is 1.09. The van der Waals surface area contributed by atoms with E-state index < -0.39 is 10.0 Å². The average Bonchev–Trinajstić information content (AvgIpc) is 3.18. The van der Waals surface area contributed by atoms with Gasteiger partial charge in [0.15, 0.2) is 0 Å². The van der Waals surface area contributed by atoms with Crippen molar-refractivity contribution >= 4 is 15.9 Å². The van der Waals surface area contributed by atoms with Crippen LogP contribution in [-0.4, -0.2) is 56.1 Å². The highest BCUT2D eigenvalue weighted by Crippen LogP contribution is 2.31. The molecule has 0 unspecified atom stereocenters. The van der Waals surface area contributed by atoms with Crippen molar-refractivity contribution in [1.29, 1.82) is 5.26 Å². The molecule has 0 radical (unpaired) electrons. The van der Waals surface area contributed by atoms with Crippen molar-refractivity contribution < 1.29 is 17.6 Å². The van der Waals surface area contributed by atoms with Crippen molar-refractivity contribution in [2.45, 2.75) is 50.7 Å². The van der Waals surface area contributed by atoms with Crippen LogP contribution in [0.15, 0.2) is 33.6 Å². The van der Waals surface area contributed by atoms with Crippen molar-refractivity contribution in [1.82, 2.24) is 9.29 Å². The fraction of sp³-hybridized carbons (Fsp3) is 0.545.